The number of hydrogen-bond donors (Lipinski definition) is 0. The fourth-order valence-electron chi connectivity index (χ4n) is 3.25. The van der Waals surface area contributed by atoms with E-state index in [1.807, 2.05) is 37.3 Å². The fraction of sp³-hybridized carbons (Fsp3) is 0.345. The molecule has 1 nitrogen and oxygen atoms in total. The number of aldehydes is 1. The molecule has 1 unspecified atom stereocenters. The van der Waals surface area contributed by atoms with Gasteiger partial charge in [0.05, 0.1) is 0 Å². The van der Waals surface area contributed by atoms with Crippen LogP contribution in [0.1, 0.15) is 60.8 Å². The van der Waals surface area contributed by atoms with Gasteiger partial charge in [0.25, 0.3) is 0 Å². The fourth-order valence-corrected chi connectivity index (χ4v) is 3.25. The molecule has 1 atom stereocenters. The monoisotopic (exact) mass is 402 g/mol. The van der Waals surface area contributed by atoms with Crippen molar-refractivity contribution < 1.29 is 4.79 Å². The van der Waals surface area contributed by atoms with Crippen molar-refractivity contribution in [1.29, 1.82) is 0 Å². The van der Waals surface area contributed by atoms with E-state index in [2.05, 4.69) is 64.2 Å². The molecule has 0 aromatic heterocycles. The molecule has 0 amide bonds. The zero-order valence-electron chi connectivity index (χ0n) is 19.6. The highest BCUT2D eigenvalue weighted by atomic mass is 16.1. The highest BCUT2D eigenvalue weighted by molar-refractivity contribution is 5.72. The first-order valence-corrected chi connectivity index (χ1v) is 10.9. The molecule has 0 spiro atoms. The minimum atomic E-state index is 0.681. The Bertz CT molecular complexity index is 845. The molecular formula is C29H38O. The van der Waals surface area contributed by atoms with Gasteiger partial charge in [-0.1, -0.05) is 102 Å². The summed E-state index contributed by atoms with van der Waals surface area (Å²) in [5.74, 6) is 0.681. The molecule has 0 aromatic carbocycles. The Labute approximate surface area is 184 Å². The van der Waals surface area contributed by atoms with E-state index in [4.69, 9.17) is 0 Å². The van der Waals surface area contributed by atoms with Crippen LogP contribution in [0.4, 0.5) is 0 Å². The first kappa shape index (κ1) is 25.4. The summed E-state index contributed by atoms with van der Waals surface area (Å²) in [5, 5.41) is 0. The predicted octanol–water partition coefficient (Wildman–Crippen LogP) is 8.33. The average Bonchev–Trinajstić information content (AvgIpc) is 2.70. The molecule has 0 saturated carbocycles. The Balaban J connectivity index is 2.60. The van der Waals surface area contributed by atoms with Gasteiger partial charge in [0, 0.05) is 0 Å². The highest BCUT2D eigenvalue weighted by Crippen LogP contribution is 2.30. The molecule has 0 bridgehead atoms. The van der Waals surface area contributed by atoms with Crippen LogP contribution in [0.5, 0.6) is 0 Å². The smallest absolute Gasteiger partial charge is 0.145 e. The number of allylic oxidation sites excluding steroid dienone is 18. The van der Waals surface area contributed by atoms with Gasteiger partial charge in [0.15, 0.2) is 0 Å². The zero-order chi connectivity index (χ0) is 22.4. The van der Waals surface area contributed by atoms with Crippen LogP contribution in [0.3, 0.4) is 0 Å². The summed E-state index contributed by atoms with van der Waals surface area (Å²) in [6.45, 7) is 12.7. The lowest BCUT2D eigenvalue weighted by Gasteiger charge is -2.22. The molecule has 30 heavy (non-hydrogen) atoms. The molecule has 0 aliphatic heterocycles. The van der Waals surface area contributed by atoms with Gasteiger partial charge in [-0.2, -0.15) is 0 Å². The van der Waals surface area contributed by atoms with Crippen molar-refractivity contribution >= 4 is 6.29 Å². The molecule has 1 rings (SSSR count). The first-order valence-electron chi connectivity index (χ1n) is 10.9. The van der Waals surface area contributed by atoms with Crippen molar-refractivity contribution in [3.05, 3.63) is 106 Å². The summed E-state index contributed by atoms with van der Waals surface area (Å²) in [6, 6.07) is 0. The molecule has 0 N–H and O–H groups in total. The summed E-state index contributed by atoms with van der Waals surface area (Å²) in [6.07, 6.45) is 29.6. The maximum absolute atomic E-state index is 10.5. The molecule has 0 radical (unpaired) electrons. The van der Waals surface area contributed by atoms with Crippen LogP contribution in [-0.4, -0.2) is 6.29 Å². The van der Waals surface area contributed by atoms with Gasteiger partial charge in [0.1, 0.15) is 6.29 Å². The summed E-state index contributed by atoms with van der Waals surface area (Å²) in [7, 11) is 0. The minimum Gasteiger partial charge on any atom is -0.298 e. The van der Waals surface area contributed by atoms with Gasteiger partial charge in [-0.25, -0.2) is 0 Å². The first-order chi connectivity index (χ1) is 14.3. The number of carbonyl (C=O) groups is 1. The quantitative estimate of drug-likeness (QED) is 0.215. The summed E-state index contributed by atoms with van der Waals surface area (Å²) >= 11 is 0. The van der Waals surface area contributed by atoms with Crippen molar-refractivity contribution in [2.45, 2.75) is 60.8 Å². The molecule has 1 aliphatic rings. The van der Waals surface area contributed by atoms with Gasteiger partial charge >= 0.3 is 0 Å². The Hall–Kier alpha value is -2.67. The summed E-state index contributed by atoms with van der Waals surface area (Å²) < 4.78 is 0. The van der Waals surface area contributed by atoms with E-state index in [1.54, 1.807) is 18.6 Å². The van der Waals surface area contributed by atoms with Crippen LogP contribution >= 0.6 is 0 Å². The van der Waals surface area contributed by atoms with E-state index in [0.29, 0.717) is 5.92 Å². The van der Waals surface area contributed by atoms with Crippen LogP contribution in [0.15, 0.2) is 106 Å². The third kappa shape index (κ3) is 10.8. The van der Waals surface area contributed by atoms with E-state index in [1.165, 1.54) is 36.0 Å². The van der Waals surface area contributed by atoms with Crippen LogP contribution in [0.2, 0.25) is 0 Å². The summed E-state index contributed by atoms with van der Waals surface area (Å²) in [5.41, 5.74) is 7.38. The van der Waals surface area contributed by atoms with E-state index < -0.39 is 0 Å². The molecule has 160 valence electrons. The minimum absolute atomic E-state index is 0.681. The second-order valence-electron chi connectivity index (χ2n) is 8.23. The van der Waals surface area contributed by atoms with Crippen molar-refractivity contribution in [1.82, 2.24) is 0 Å². The van der Waals surface area contributed by atoms with Crippen LogP contribution in [0, 0.1) is 5.92 Å². The van der Waals surface area contributed by atoms with Crippen LogP contribution in [-0.2, 0) is 4.79 Å². The Morgan fingerprint density at radius 2 is 1.27 bits per heavy atom. The Kier molecular flexibility index (Phi) is 12.1. The molecular weight excluding hydrogens is 364 g/mol. The number of rotatable bonds is 9. The summed E-state index contributed by atoms with van der Waals surface area (Å²) in [4.78, 5) is 10.5. The largest absolute Gasteiger partial charge is 0.298 e. The van der Waals surface area contributed by atoms with E-state index in [-0.39, 0.29) is 0 Å². The number of carbonyl (C=O) groups excluding carboxylic acids is 1. The lowest BCUT2D eigenvalue weighted by atomic mass is 9.84. The maximum Gasteiger partial charge on any atom is 0.145 e. The third-order valence-corrected chi connectivity index (χ3v) is 5.19. The average molecular weight is 403 g/mol. The molecule has 1 aliphatic carbocycles. The Morgan fingerprint density at radius 3 is 1.80 bits per heavy atom. The lowest BCUT2D eigenvalue weighted by molar-refractivity contribution is -0.104. The molecule has 0 fully saturated rings. The van der Waals surface area contributed by atoms with Crippen LogP contribution in [0.25, 0.3) is 0 Å². The predicted molar refractivity (Wildman–Crippen MR) is 133 cm³/mol. The van der Waals surface area contributed by atoms with E-state index in [0.717, 1.165) is 17.4 Å². The van der Waals surface area contributed by atoms with Crippen molar-refractivity contribution in [2.24, 2.45) is 5.92 Å². The molecule has 0 aromatic rings. The standard InChI is InChI=1S/C29H38O/c1-23(12-7-8-13-24(2)15-10-17-26(4)22-30)14-9-16-25(3)20-21-29-27(5)18-11-19-28(29)6/h7-10,12-17,20-22,27H,11,18-19H2,1-6H3/b8-7+,14-9+,15-10+,21-20+,23-12+,24-13+,25-16+,26-17+. The van der Waals surface area contributed by atoms with Gasteiger partial charge in [-0.15, -0.1) is 0 Å². The van der Waals surface area contributed by atoms with Crippen molar-refractivity contribution in [2.75, 3.05) is 0 Å². The lowest BCUT2D eigenvalue weighted by Crippen LogP contribution is -2.06. The third-order valence-electron chi connectivity index (χ3n) is 5.19. The van der Waals surface area contributed by atoms with Gasteiger partial charge in [-0.05, 0) is 70.9 Å². The number of hydrogen-bond acceptors (Lipinski definition) is 1. The van der Waals surface area contributed by atoms with Crippen LogP contribution < -0.4 is 0 Å². The maximum atomic E-state index is 10.5. The van der Waals surface area contributed by atoms with E-state index in [9.17, 15) is 4.79 Å². The molecule has 0 heterocycles. The molecule has 0 saturated heterocycles. The second kappa shape index (κ2) is 14.3. The van der Waals surface area contributed by atoms with Gasteiger partial charge in [0.2, 0.25) is 0 Å². The van der Waals surface area contributed by atoms with Crippen molar-refractivity contribution in [3.63, 3.8) is 0 Å². The van der Waals surface area contributed by atoms with Gasteiger partial charge < -0.3 is 0 Å². The zero-order valence-corrected chi connectivity index (χ0v) is 19.6. The van der Waals surface area contributed by atoms with Crippen molar-refractivity contribution in [3.8, 4) is 0 Å². The molecule has 1 heteroatoms. The SMILES string of the molecule is CC1=C(/C=C/C(C)=C/C=C/C(C)=C/C=C/C=C(C)/C=C/C=C(\C)C=O)C(C)CCC1. The van der Waals surface area contributed by atoms with Gasteiger partial charge in [-0.3, -0.25) is 4.79 Å². The normalized spacial score (nSPS) is 20.5. The Morgan fingerprint density at radius 1 is 0.767 bits per heavy atom. The topological polar surface area (TPSA) is 17.1 Å². The second-order valence-corrected chi connectivity index (χ2v) is 8.23. The van der Waals surface area contributed by atoms with E-state index >= 15 is 0 Å². The highest BCUT2D eigenvalue weighted by Gasteiger charge is 2.14.